The van der Waals surface area contributed by atoms with Crippen LogP contribution in [0.5, 0.6) is 0 Å². The van der Waals surface area contributed by atoms with Gasteiger partial charge < -0.3 is 10.6 Å². The maximum atomic E-state index is 12.2. The molecule has 0 radical (unpaired) electrons. The molecule has 1 fully saturated rings. The molecular formula is C17H26ClN3O3. The number of nitro groups is 1. The van der Waals surface area contributed by atoms with E-state index in [-0.39, 0.29) is 29.6 Å². The first-order valence-corrected chi connectivity index (χ1v) is 8.35. The first-order valence-electron chi connectivity index (χ1n) is 8.35. The zero-order chi connectivity index (χ0) is 16.7. The standard InChI is InChI=1S/C17H25N3O3.ClH/c1-13-7-6-10-15(16(13)20(22)23)17(21)19-12-11-18-14-8-4-2-3-5-9-14;/h6-7,10,14,18H,2-5,8-9,11-12H2,1H3,(H,19,21);1H. The van der Waals surface area contributed by atoms with Crippen LogP contribution in [0.15, 0.2) is 18.2 Å². The summed E-state index contributed by atoms with van der Waals surface area (Å²) in [6, 6.07) is 5.34. The van der Waals surface area contributed by atoms with Crippen LogP contribution in [-0.2, 0) is 0 Å². The highest BCUT2D eigenvalue weighted by Gasteiger charge is 2.22. The van der Waals surface area contributed by atoms with Crippen molar-refractivity contribution in [3.63, 3.8) is 0 Å². The van der Waals surface area contributed by atoms with Gasteiger partial charge in [-0.3, -0.25) is 14.9 Å². The zero-order valence-corrected chi connectivity index (χ0v) is 14.9. The largest absolute Gasteiger partial charge is 0.351 e. The topological polar surface area (TPSA) is 84.3 Å². The van der Waals surface area contributed by atoms with E-state index in [4.69, 9.17) is 0 Å². The highest BCUT2D eigenvalue weighted by Crippen LogP contribution is 2.22. The third kappa shape index (κ3) is 5.76. The molecule has 2 rings (SSSR count). The summed E-state index contributed by atoms with van der Waals surface area (Å²) >= 11 is 0. The van der Waals surface area contributed by atoms with E-state index in [9.17, 15) is 14.9 Å². The number of amides is 1. The predicted molar refractivity (Wildman–Crippen MR) is 96.9 cm³/mol. The van der Waals surface area contributed by atoms with Gasteiger partial charge in [0.1, 0.15) is 5.56 Å². The van der Waals surface area contributed by atoms with Crippen molar-refractivity contribution in [2.45, 2.75) is 51.5 Å². The summed E-state index contributed by atoms with van der Waals surface area (Å²) in [5.41, 5.74) is 0.519. The van der Waals surface area contributed by atoms with E-state index < -0.39 is 4.92 Å². The minimum absolute atomic E-state index is 0. The molecule has 1 aliphatic rings. The van der Waals surface area contributed by atoms with Crippen LogP contribution in [0.25, 0.3) is 0 Å². The Balaban J connectivity index is 0.00000288. The number of para-hydroxylation sites is 1. The molecule has 7 heteroatoms. The van der Waals surface area contributed by atoms with Crippen LogP contribution in [0.2, 0.25) is 0 Å². The van der Waals surface area contributed by atoms with Crippen LogP contribution in [0.1, 0.15) is 54.4 Å². The summed E-state index contributed by atoms with van der Waals surface area (Å²) in [5, 5.41) is 17.4. The fourth-order valence-electron chi connectivity index (χ4n) is 3.12. The number of nitrogens with one attached hydrogen (secondary N) is 2. The molecule has 1 aromatic rings. The SMILES string of the molecule is Cc1cccc(C(=O)NCCNC2CCCCCC2)c1[N+](=O)[O-].Cl. The Labute approximate surface area is 149 Å². The average molecular weight is 356 g/mol. The Kier molecular flexibility index (Phi) is 8.71. The summed E-state index contributed by atoms with van der Waals surface area (Å²) in [6.45, 7) is 2.80. The molecule has 1 aliphatic carbocycles. The number of nitro benzene ring substituents is 1. The van der Waals surface area contributed by atoms with E-state index in [2.05, 4.69) is 10.6 Å². The lowest BCUT2D eigenvalue weighted by Gasteiger charge is -2.16. The lowest BCUT2D eigenvalue weighted by Crippen LogP contribution is -2.37. The molecule has 1 aromatic carbocycles. The van der Waals surface area contributed by atoms with Crippen molar-refractivity contribution in [1.82, 2.24) is 10.6 Å². The minimum Gasteiger partial charge on any atom is -0.351 e. The van der Waals surface area contributed by atoms with E-state index in [1.165, 1.54) is 44.6 Å². The second-order valence-corrected chi connectivity index (χ2v) is 6.13. The molecule has 2 N–H and O–H groups in total. The van der Waals surface area contributed by atoms with Crippen LogP contribution in [0.3, 0.4) is 0 Å². The number of halogens is 1. The number of rotatable bonds is 6. The third-order valence-electron chi connectivity index (χ3n) is 4.36. The van der Waals surface area contributed by atoms with Crippen molar-refractivity contribution in [3.8, 4) is 0 Å². The van der Waals surface area contributed by atoms with Crippen LogP contribution < -0.4 is 10.6 Å². The van der Waals surface area contributed by atoms with Gasteiger partial charge in [0.05, 0.1) is 4.92 Å². The maximum absolute atomic E-state index is 12.2. The Hall–Kier alpha value is -1.66. The van der Waals surface area contributed by atoms with Crippen molar-refractivity contribution in [2.24, 2.45) is 0 Å². The van der Waals surface area contributed by atoms with Crippen molar-refractivity contribution >= 4 is 24.0 Å². The first kappa shape index (κ1) is 20.4. The van der Waals surface area contributed by atoms with Gasteiger partial charge in [-0.2, -0.15) is 0 Å². The van der Waals surface area contributed by atoms with Crippen molar-refractivity contribution in [2.75, 3.05) is 13.1 Å². The molecule has 0 spiro atoms. The fourth-order valence-corrected chi connectivity index (χ4v) is 3.12. The van der Waals surface area contributed by atoms with Gasteiger partial charge in [0.15, 0.2) is 0 Å². The molecule has 6 nitrogen and oxygen atoms in total. The van der Waals surface area contributed by atoms with Gasteiger partial charge in [0.25, 0.3) is 11.6 Å². The smallest absolute Gasteiger partial charge is 0.285 e. The molecule has 0 heterocycles. The lowest BCUT2D eigenvalue weighted by atomic mass is 10.1. The number of hydrogen-bond acceptors (Lipinski definition) is 4. The van der Waals surface area contributed by atoms with Gasteiger partial charge in [-0.25, -0.2) is 0 Å². The molecule has 134 valence electrons. The molecule has 0 unspecified atom stereocenters. The quantitative estimate of drug-likeness (QED) is 0.354. The fraction of sp³-hybridized carbons (Fsp3) is 0.588. The van der Waals surface area contributed by atoms with E-state index in [1.54, 1.807) is 19.1 Å². The van der Waals surface area contributed by atoms with Crippen LogP contribution in [-0.4, -0.2) is 30.0 Å². The van der Waals surface area contributed by atoms with Gasteiger partial charge in [-0.05, 0) is 25.8 Å². The molecule has 0 aromatic heterocycles. The molecule has 0 bridgehead atoms. The third-order valence-corrected chi connectivity index (χ3v) is 4.36. The number of hydrogen-bond donors (Lipinski definition) is 2. The predicted octanol–water partition coefficient (Wildman–Crippen LogP) is 3.37. The van der Waals surface area contributed by atoms with Gasteiger partial charge in [-0.1, -0.05) is 37.8 Å². The van der Waals surface area contributed by atoms with Crippen molar-refractivity contribution in [3.05, 3.63) is 39.4 Å². The van der Waals surface area contributed by atoms with E-state index in [0.29, 0.717) is 24.7 Å². The van der Waals surface area contributed by atoms with E-state index in [1.807, 2.05) is 0 Å². The second kappa shape index (κ2) is 10.3. The summed E-state index contributed by atoms with van der Waals surface area (Å²) < 4.78 is 0. The second-order valence-electron chi connectivity index (χ2n) is 6.13. The highest BCUT2D eigenvalue weighted by atomic mass is 35.5. The Morgan fingerprint density at radius 2 is 1.88 bits per heavy atom. The van der Waals surface area contributed by atoms with E-state index in [0.717, 1.165) is 0 Å². The van der Waals surface area contributed by atoms with Crippen molar-refractivity contribution < 1.29 is 9.72 Å². The summed E-state index contributed by atoms with van der Waals surface area (Å²) in [6.07, 6.45) is 7.53. The first-order chi connectivity index (χ1) is 11.1. The molecule has 1 saturated carbocycles. The Morgan fingerprint density at radius 1 is 1.21 bits per heavy atom. The van der Waals surface area contributed by atoms with Gasteiger partial charge in [0, 0.05) is 24.7 Å². The average Bonchev–Trinajstić information content (AvgIpc) is 2.79. The number of benzene rings is 1. The van der Waals surface area contributed by atoms with Crippen molar-refractivity contribution in [1.29, 1.82) is 0 Å². The van der Waals surface area contributed by atoms with E-state index >= 15 is 0 Å². The summed E-state index contributed by atoms with van der Waals surface area (Å²) in [7, 11) is 0. The maximum Gasteiger partial charge on any atom is 0.285 e. The molecule has 0 saturated heterocycles. The number of nitrogens with zero attached hydrogens (tertiary/aromatic N) is 1. The van der Waals surface area contributed by atoms with Crippen LogP contribution in [0, 0.1) is 17.0 Å². The zero-order valence-electron chi connectivity index (χ0n) is 14.0. The molecule has 0 aliphatic heterocycles. The highest BCUT2D eigenvalue weighted by molar-refractivity contribution is 5.98. The number of carbonyl (C=O) groups is 1. The Morgan fingerprint density at radius 3 is 2.50 bits per heavy atom. The molecule has 0 atom stereocenters. The number of carbonyl (C=O) groups excluding carboxylic acids is 1. The summed E-state index contributed by atoms with van der Waals surface area (Å²) in [5.74, 6) is -0.386. The van der Waals surface area contributed by atoms with Gasteiger partial charge >= 0.3 is 0 Å². The lowest BCUT2D eigenvalue weighted by molar-refractivity contribution is -0.385. The number of aryl methyl sites for hydroxylation is 1. The molecule has 1 amide bonds. The van der Waals surface area contributed by atoms with Crippen LogP contribution >= 0.6 is 12.4 Å². The summed E-state index contributed by atoms with van der Waals surface area (Å²) in [4.78, 5) is 22.8. The molecular weight excluding hydrogens is 330 g/mol. The minimum atomic E-state index is -0.492. The Bertz CT molecular complexity index is 558. The molecule has 24 heavy (non-hydrogen) atoms. The van der Waals surface area contributed by atoms with Crippen LogP contribution in [0.4, 0.5) is 5.69 Å². The normalized spacial score (nSPS) is 15.2. The van der Waals surface area contributed by atoms with Gasteiger partial charge in [0.2, 0.25) is 0 Å². The van der Waals surface area contributed by atoms with Gasteiger partial charge in [-0.15, -0.1) is 12.4 Å². The monoisotopic (exact) mass is 355 g/mol.